The lowest BCUT2D eigenvalue weighted by atomic mass is 9.96. The lowest BCUT2D eigenvalue weighted by molar-refractivity contribution is -0.309. The second-order valence-corrected chi connectivity index (χ2v) is 21.5. The van der Waals surface area contributed by atoms with E-state index in [1.54, 1.807) is 26.2 Å². The number of rotatable bonds is 22. The summed E-state index contributed by atoms with van der Waals surface area (Å²) in [6, 6.07) is 38.7. The number of benzene rings is 4. The van der Waals surface area contributed by atoms with Crippen LogP contribution in [0.2, 0.25) is 18.1 Å². The Morgan fingerprint density at radius 1 is 0.683 bits per heavy atom. The third-order valence-corrected chi connectivity index (χ3v) is 15.7. The molecule has 0 unspecified atom stereocenters. The van der Waals surface area contributed by atoms with E-state index in [2.05, 4.69) is 33.9 Å². The summed E-state index contributed by atoms with van der Waals surface area (Å²) in [5.74, 6) is -1.25. The first-order valence-corrected chi connectivity index (χ1v) is 24.4. The maximum Gasteiger partial charge on any atom is 0.340 e. The maximum absolute atomic E-state index is 14.1. The molecular formula is C51H64O11Si. The molecule has 1 aliphatic heterocycles. The number of methoxy groups -OCH3 is 2. The van der Waals surface area contributed by atoms with E-state index in [-0.39, 0.29) is 31.5 Å². The fourth-order valence-corrected chi connectivity index (χ4v) is 8.01. The minimum absolute atomic E-state index is 0.171. The summed E-state index contributed by atoms with van der Waals surface area (Å²) in [5, 5.41) is -0.249. The highest BCUT2D eigenvalue weighted by Gasteiger charge is 2.48. The molecule has 0 saturated carbocycles. The van der Waals surface area contributed by atoms with E-state index in [9.17, 15) is 9.59 Å². The topological polar surface area (TPSA) is 117 Å². The molecule has 1 heterocycles. The van der Waals surface area contributed by atoms with Gasteiger partial charge < -0.3 is 42.3 Å². The van der Waals surface area contributed by atoms with Crippen LogP contribution >= 0.6 is 0 Å². The molecule has 1 aliphatic rings. The lowest BCUT2D eigenvalue weighted by Crippen LogP contribution is -2.60. The average Bonchev–Trinajstić information content (AvgIpc) is 3.28. The molecule has 1 fully saturated rings. The van der Waals surface area contributed by atoms with Crippen molar-refractivity contribution in [1.82, 2.24) is 0 Å². The van der Waals surface area contributed by atoms with Crippen LogP contribution in [0.4, 0.5) is 0 Å². The number of ether oxygens (including phenoxy) is 8. The number of esters is 2. The quantitative estimate of drug-likeness (QED) is 0.0325. The smallest absolute Gasteiger partial charge is 0.340 e. The SMILES string of the molecule is CCOC(=O)/C=C/[C@H](OC(=O)[C@H](OC)c1ccccc1)[C@H](/C=C/[C@H]1O[C@H](OC)[C@H](OCc2ccccc2)[C@@H](OCc2ccccc2)[C@@H]1OCc1ccccc1)O[Si](C)(C)C(C)(C)C. The van der Waals surface area contributed by atoms with Crippen LogP contribution in [0.3, 0.4) is 0 Å². The largest absolute Gasteiger partial charge is 0.463 e. The van der Waals surface area contributed by atoms with Crippen LogP contribution in [0.15, 0.2) is 146 Å². The molecule has 0 aromatic heterocycles. The van der Waals surface area contributed by atoms with E-state index in [4.69, 9.17) is 42.3 Å². The molecule has 338 valence electrons. The first-order chi connectivity index (χ1) is 30.3. The van der Waals surface area contributed by atoms with Crippen LogP contribution in [0.5, 0.6) is 0 Å². The first kappa shape index (κ1) is 49.3. The van der Waals surface area contributed by atoms with Gasteiger partial charge in [-0.1, -0.05) is 154 Å². The summed E-state index contributed by atoms with van der Waals surface area (Å²) >= 11 is 0. The minimum Gasteiger partial charge on any atom is -0.463 e. The Balaban J connectivity index is 1.58. The molecule has 0 amide bonds. The second kappa shape index (κ2) is 24.3. The van der Waals surface area contributed by atoms with E-state index in [1.807, 2.05) is 121 Å². The van der Waals surface area contributed by atoms with Gasteiger partial charge in [-0.15, -0.1) is 0 Å². The third kappa shape index (κ3) is 14.6. The third-order valence-electron chi connectivity index (χ3n) is 11.2. The lowest BCUT2D eigenvalue weighted by Gasteiger charge is -2.45. The van der Waals surface area contributed by atoms with Crippen molar-refractivity contribution in [2.24, 2.45) is 0 Å². The molecule has 0 bridgehead atoms. The number of carbonyl (C=O) groups excluding carboxylic acids is 2. The van der Waals surface area contributed by atoms with Crippen LogP contribution in [-0.2, 0) is 71.7 Å². The molecule has 5 rings (SSSR count). The molecular weight excluding hydrogens is 817 g/mol. The number of carbonyl (C=O) groups is 2. The standard InChI is InChI=1S/C51H64O11Si/c1-9-56-44(52)33-32-41(60-49(53)45(54-5)40-28-20-13-21-29-40)42(62-63(7,8)51(2,3)4)30-31-43-46(57-34-37-22-14-10-15-23-37)47(58-35-38-24-16-11-17-25-38)48(50(55-6)61-43)59-36-39-26-18-12-19-27-39/h10-33,41-43,45-48,50H,9,34-36H2,1-8H3/b31-30+,33-32+/t41-,42-,43+,45+,46+,47-,48+,50-/m0/s1. The minimum atomic E-state index is -2.62. The summed E-state index contributed by atoms with van der Waals surface area (Å²) in [7, 11) is 0.398. The van der Waals surface area contributed by atoms with Crippen molar-refractivity contribution >= 4 is 20.3 Å². The van der Waals surface area contributed by atoms with Crippen LogP contribution in [-0.4, -0.2) is 84.0 Å². The fourth-order valence-electron chi connectivity index (χ4n) is 6.76. The van der Waals surface area contributed by atoms with Crippen molar-refractivity contribution in [3.63, 3.8) is 0 Å². The van der Waals surface area contributed by atoms with Crippen molar-refractivity contribution in [3.05, 3.63) is 168 Å². The summed E-state index contributed by atoms with van der Waals surface area (Å²) in [6.45, 7) is 13.3. The summed E-state index contributed by atoms with van der Waals surface area (Å²) in [5.41, 5.74) is 3.52. The molecule has 1 saturated heterocycles. The van der Waals surface area contributed by atoms with E-state index < -0.39 is 69.3 Å². The Morgan fingerprint density at radius 3 is 1.65 bits per heavy atom. The molecule has 4 aromatic carbocycles. The van der Waals surface area contributed by atoms with Gasteiger partial charge >= 0.3 is 11.9 Å². The van der Waals surface area contributed by atoms with Gasteiger partial charge in [-0.25, -0.2) is 9.59 Å². The van der Waals surface area contributed by atoms with Crippen molar-refractivity contribution < 1.29 is 51.9 Å². The van der Waals surface area contributed by atoms with Gasteiger partial charge in [0.25, 0.3) is 0 Å². The molecule has 12 heteroatoms. The van der Waals surface area contributed by atoms with E-state index in [0.29, 0.717) is 5.56 Å². The predicted octanol–water partition coefficient (Wildman–Crippen LogP) is 9.48. The monoisotopic (exact) mass is 880 g/mol. The van der Waals surface area contributed by atoms with Crippen molar-refractivity contribution in [3.8, 4) is 0 Å². The zero-order valence-electron chi connectivity index (χ0n) is 37.8. The van der Waals surface area contributed by atoms with Gasteiger partial charge in [-0.2, -0.15) is 0 Å². The molecule has 0 spiro atoms. The highest BCUT2D eigenvalue weighted by molar-refractivity contribution is 6.74. The second-order valence-electron chi connectivity index (χ2n) is 16.8. The van der Waals surface area contributed by atoms with E-state index in [1.165, 1.54) is 19.3 Å². The van der Waals surface area contributed by atoms with Crippen LogP contribution in [0, 0.1) is 0 Å². The Kier molecular flexibility index (Phi) is 19.0. The van der Waals surface area contributed by atoms with Crippen LogP contribution < -0.4 is 0 Å². The zero-order chi connectivity index (χ0) is 45.2. The Morgan fingerprint density at radius 2 is 1.17 bits per heavy atom. The summed E-state index contributed by atoms with van der Waals surface area (Å²) < 4.78 is 57.3. The van der Waals surface area contributed by atoms with Crippen molar-refractivity contribution in [1.29, 1.82) is 0 Å². The molecule has 0 aliphatic carbocycles. The van der Waals surface area contributed by atoms with Gasteiger partial charge in [-0.05, 0) is 53.4 Å². The Bertz CT molecular complexity index is 2000. The molecule has 8 atom stereocenters. The average molecular weight is 881 g/mol. The van der Waals surface area contributed by atoms with Crippen LogP contribution in [0.25, 0.3) is 0 Å². The van der Waals surface area contributed by atoms with Gasteiger partial charge in [-0.3, -0.25) is 0 Å². The van der Waals surface area contributed by atoms with E-state index >= 15 is 0 Å². The molecule has 63 heavy (non-hydrogen) atoms. The van der Waals surface area contributed by atoms with Crippen molar-refractivity contribution in [2.45, 2.75) is 115 Å². The highest BCUT2D eigenvalue weighted by Crippen LogP contribution is 2.39. The number of hydrogen-bond acceptors (Lipinski definition) is 11. The van der Waals surface area contributed by atoms with Gasteiger partial charge in [0.15, 0.2) is 20.7 Å². The van der Waals surface area contributed by atoms with Gasteiger partial charge in [0.05, 0.1) is 26.4 Å². The van der Waals surface area contributed by atoms with Crippen LogP contribution in [0.1, 0.15) is 56.1 Å². The normalized spacial score (nSPS) is 20.9. The van der Waals surface area contributed by atoms with Gasteiger partial charge in [0.1, 0.15) is 36.6 Å². The fraction of sp³-hybridized carbons (Fsp3) is 0.412. The van der Waals surface area contributed by atoms with E-state index in [0.717, 1.165) is 16.7 Å². The Hall–Kier alpha value is -4.76. The summed E-state index contributed by atoms with van der Waals surface area (Å²) in [4.78, 5) is 26.8. The molecule has 0 radical (unpaired) electrons. The number of hydrogen-bond donors (Lipinski definition) is 0. The molecule has 4 aromatic rings. The zero-order valence-corrected chi connectivity index (χ0v) is 38.8. The predicted molar refractivity (Wildman–Crippen MR) is 244 cm³/mol. The van der Waals surface area contributed by atoms with Crippen molar-refractivity contribution in [2.75, 3.05) is 20.8 Å². The first-order valence-electron chi connectivity index (χ1n) is 21.5. The van der Waals surface area contributed by atoms with Gasteiger partial charge in [0, 0.05) is 20.3 Å². The van der Waals surface area contributed by atoms with Gasteiger partial charge in [0.2, 0.25) is 0 Å². The summed E-state index contributed by atoms with van der Waals surface area (Å²) in [6.07, 6.45) is -0.472. The Labute approximate surface area is 374 Å². The molecule has 0 N–H and O–H groups in total. The maximum atomic E-state index is 14.1. The highest BCUT2D eigenvalue weighted by atomic mass is 28.4. The molecule has 11 nitrogen and oxygen atoms in total.